The Morgan fingerprint density at radius 1 is 1.40 bits per heavy atom. The molecule has 2 rings (SSSR count). The molecular formula is C12H15NOS. The average Bonchev–Trinajstić information content (AvgIpc) is 2.62. The van der Waals surface area contributed by atoms with Gasteiger partial charge < -0.3 is 10.4 Å². The van der Waals surface area contributed by atoms with E-state index < -0.39 is 0 Å². The molecule has 15 heavy (non-hydrogen) atoms. The maximum absolute atomic E-state index is 9.72. The zero-order valence-corrected chi connectivity index (χ0v) is 9.55. The number of hydrogen-bond acceptors (Lipinski definition) is 3. The summed E-state index contributed by atoms with van der Waals surface area (Å²) in [6.07, 6.45) is 0.429. The van der Waals surface area contributed by atoms with E-state index in [2.05, 4.69) is 22.8 Å². The molecule has 0 aliphatic carbocycles. The van der Waals surface area contributed by atoms with Crippen molar-refractivity contribution in [2.24, 2.45) is 0 Å². The van der Waals surface area contributed by atoms with Gasteiger partial charge in [-0.25, -0.2) is 0 Å². The fourth-order valence-corrected chi connectivity index (χ4v) is 2.73. The van der Waals surface area contributed by atoms with Gasteiger partial charge in [0.2, 0.25) is 0 Å². The van der Waals surface area contributed by atoms with Crippen molar-refractivity contribution in [3.8, 4) is 0 Å². The zero-order chi connectivity index (χ0) is 10.7. The third-order valence-electron chi connectivity index (χ3n) is 2.46. The highest BCUT2D eigenvalue weighted by atomic mass is 32.1. The number of likely N-dealkylation sites (N-methyl/N-ethyl adjacent to an activating group) is 1. The number of nitrogens with one attached hydrogen (secondary N) is 1. The summed E-state index contributed by atoms with van der Waals surface area (Å²) in [6, 6.07) is 8.33. The zero-order valence-electron chi connectivity index (χ0n) is 8.73. The number of benzene rings is 1. The van der Waals surface area contributed by atoms with Crippen molar-refractivity contribution < 1.29 is 5.11 Å². The molecule has 80 valence electrons. The minimum atomic E-state index is -0.298. The van der Waals surface area contributed by atoms with E-state index in [0.717, 1.165) is 6.42 Å². The Hall–Kier alpha value is -0.900. The molecule has 1 atom stereocenters. The van der Waals surface area contributed by atoms with Crippen LogP contribution < -0.4 is 5.32 Å². The molecule has 2 N–H and O–H groups in total. The first kappa shape index (κ1) is 10.6. The van der Waals surface area contributed by atoms with Crippen LogP contribution in [0.3, 0.4) is 0 Å². The second kappa shape index (κ2) is 4.75. The number of thiophene rings is 1. The third kappa shape index (κ3) is 2.37. The predicted octanol–water partition coefficient (Wildman–Crippen LogP) is 2.02. The van der Waals surface area contributed by atoms with Crippen LogP contribution in [-0.4, -0.2) is 24.8 Å². The highest BCUT2D eigenvalue weighted by Crippen LogP contribution is 2.26. The summed E-state index contributed by atoms with van der Waals surface area (Å²) in [5.74, 6) is 0. The molecule has 0 fully saturated rings. The highest BCUT2D eigenvalue weighted by molar-refractivity contribution is 7.17. The van der Waals surface area contributed by atoms with E-state index in [1.165, 1.54) is 15.6 Å². The van der Waals surface area contributed by atoms with E-state index >= 15 is 0 Å². The van der Waals surface area contributed by atoms with Crippen LogP contribution >= 0.6 is 11.3 Å². The molecule has 0 bridgehead atoms. The standard InChI is InChI=1S/C12H15NOS/c1-13-7-10(14)6-9-8-15-12-5-3-2-4-11(9)12/h2-5,8,10,13-14H,6-7H2,1H3. The molecule has 0 spiro atoms. The molecule has 0 saturated heterocycles. The van der Waals surface area contributed by atoms with E-state index in [-0.39, 0.29) is 6.10 Å². The second-order valence-electron chi connectivity index (χ2n) is 3.67. The molecule has 0 aliphatic rings. The monoisotopic (exact) mass is 221 g/mol. The fraction of sp³-hybridized carbons (Fsp3) is 0.333. The van der Waals surface area contributed by atoms with Gasteiger partial charge in [0, 0.05) is 17.7 Å². The lowest BCUT2D eigenvalue weighted by atomic mass is 10.1. The minimum absolute atomic E-state index is 0.298. The van der Waals surface area contributed by atoms with E-state index in [4.69, 9.17) is 0 Å². The van der Waals surface area contributed by atoms with Gasteiger partial charge in [-0.15, -0.1) is 11.3 Å². The van der Waals surface area contributed by atoms with Crippen molar-refractivity contribution in [2.75, 3.05) is 13.6 Å². The molecular weight excluding hydrogens is 206 g/mol. The van der Waals surface area contributed by atoms with Crippen LogP contribution in [0.15, 0.2) is 29.6 Å². The minimum Gasteiger partial charge on any atom is -0.391 e. The second-order valence-corrected chi connectivity index (χ2v) is 4.58. The number of aliphatic hydroxyl groups excluding tert-OH is 1. The van der Waals surface area contributed by atoms with Gasteiger partial charge in [-0.2, -0.15) is 0 Å². The third-order valence-corrected chi connectivity index (χ3v) is 3.47. The van der Waals surface area contributed by atoms with Crippen molar-refractivity contribution in [3.05, 3.63) is 35.2 Å². The Morgan fingerprint density at radius 3 is 3.00 bits per heavy atom. The predicted molar refractivity (Wildman–Crippen MR) is 65.5 cm³/mol. The average molecular weight is 221 g/mol. The van der Waals surface area contributed by atoms with Crippen LogP contribution in [0.4, 0.5) is 0 Å². The Balaban J connectivity index is 2.21. The first-order chi connectivity index (χ1) is 7.31. The van der Waals surface area contributed by atoms with E-state index in [9.17, 15) is 5.11 Å². The molecule has 2 aromatic rings. The SMILES string of the molecule is CNCC(O)Cc1csc2ccccc12. The summed E-state index contributed by atoms with van der Waals surface area (Å²) in [5.41, 5.74) is 1.25. The van der Waals surface area contributed by atoms with Crippen LogP contribution in [0.5, 0.6) is 0 Å². The molecule has 0 saturated carbocycles. The Kier molecular flexibility index (Phi) is 3.36. The molecule has 0 radical (unpaired) electrons. The molecule has 1 heterocycles. The first-order valence-corrected chi connectivity index (χ1v) is 5.97. The van der Waals surface area contributed by atoms with Crippen LogP contribution in [0.25, 0.3) is 10.1 Å². The van der Waals surface area contributed by atoms with Crippen LogP contribution in [0.2, 0.25) is 0 Å². The number of aliphatic hydroxyl groups is 1. The molecule has 3 heteroatoms. The Labute approximate surface area is 93.6 Å². The van der Waals surface area contributed by atoms with Gasteiger partial charge in [0.25, 0.3) is 0 Å². The van der Waals surface area contributed by atoms with Crippen molar-refractivity contribution in [1.29, 1.82) is 0 Å². The number of fused-ring (bicyclic) bond motifs is 1. The lowest BCUT2D eigenvalue weighted by molar-refractivity contribution is 0.175. The summed E-state index contributed by atoms with van der Waals surface area (Å²) in [4.78, 5) is 0. The van der Waals surface area contributed by atoms with Gasteiger partial charge in [-0.05, 0) is 29.4 Å². The van der Waals surface area contributed by atoms with Crippen molar-refractivity contribution in [2.45, 2.75) is 12.5 Å². The summed E-state index contributed by atoms with van der Waals surface area (Å²) in [6.45, 7) is 0.643. The first-order valence-electron chi connectivity index (χ1n) is 5.09. The smallest absolute Gasteiger partial charge is 0.0705 e. The van der Waals surface area contributed by atoms with E-state index in [0.29, 0.717) is 6.54 Å². The molecule has 1 aromatic heterocycles. The lowest BCUT2D eigenvalue weighted by Gasteiger charge is -2.08. The molecule has 1 aromatic carbocycles. The van der Waals surface area contributed by atoms with Gasteiger partial charge in [-0.3, -0.25) is 0 Å². The Morgan fingerprint density at radius 2 is 2.20 bits per heavy atom. The summed E-state index contributed by atoms with van der Waals surface area (Å²) < 4.78 is 1.30. The van der Waals surface area contributed by atoms with Crippen molar-refractivity contribution >= 4 is 21.4 Å². The molecule has 0 amide bonds. The van der Waals surface area contributed by atoms with Crippen LogP contribution in [-0.2, 0) is 6.42 Å². The normalized spacial score (nSPS) is 13.2. The van der Waals surface area contributed by atoms with Gasteiger partial charge in [-0.1, -0.05) is 18.2 Å². The van der Waals surface area contributed by atoms with Gasteiger partial charge in [0.05, 0.1) is 6.10 Å². The summed E-state index contributed by atoms with van der Waals surface area (Å²) in [7, 11) is 1.86. The van der Waals surface area contributed by atoms with Gasteiger partial charge >= 0.3 is 0 Å². The molecule has 1 unspecified atom stereocenters. The van der Waals surface area contributed by atoms with Crippen LogP contribution in [0.1, 0.15) is 5.56 Å². The topological polar surface area (TPSA) is 32.3 Å². The van der Waals surface area contributed by atoms with Gasteiger partial charge in [0.15, 0.2) is 0 Å². The number of rotatable bonds is 4. The lowest BCUT2D eigenvalue weighted by Crippen LogP contribution is -2.25. The van der Waals surface area contributed by atoms with E-state index in [1.807, 2.05) is 19.2 Å². The van der Waals surface area contributed by atoms with Crippen molar-refractivity contribution in [1.82, 2.24) is 5.32 Å². The number of hydrogen-bond donors (Lipinski definition) is 2. The van der Waals surface area contributed by atoms with Gasteiger partial charge in [0.1, 0.15) is 0 Å². The fourth-order valence-electron chi connectivity index (χ4n) is 1.75. The van der Waals surface area contributed by atoms with Crippen LogP contribution in [0, 0.1) is 0 Å². The quantitative estimate of drug-likeness (QED) is 0.828. The largest absolute Gasteiger partial charge is 0.391 e. The summed E-state index contributed by atoms with van der Waals surface area (Å²) in [5, 5.41) is 16.1. The summed E-state index contributed by atoms with van der Waals surface area (Å²) >= 11 is 1.74. The molecule has 2 nitrogen and oxygen atoms in total. The Bertz CT molecular complexity index is 438. The highest BCUT2D eigenvalue weighted by Gasteiger charge is 2.08. The maximum atomic E-state index is 9.72. The maximum Gasteiger partial charge on any atom is 0.0705 e. The van der Waals surface area contributed by atoms with Crippen molar-refractivity contribution in [3.63, 3.8) is 0 Å². The van der Waals surface area contributed by atoms with E-state index in [1.54, 1.807) is 11.3 Å². The molecule has 0 aliphatic heterocycles.